The molecule has 0 radical (unpaired) electrons. The molecule has 0 saturated carbocycles. The normalized spacial score (nSPS) is 21.8. The van der Waals surface area contributed by atoms with Crippen LogP contribution in [0.4, 0.5) is 32.4 Å². The summed E-state index contributed by atoms with van der Waals surface area (Å²) >= 11 is 0. The molecule has 0 aliphatic carbocycles. The Hall–Kier alpha value is -3.38. The van der Waals surface area contributed by atoms with Crippen molar-refractivity contribution >= 4 is 18.0 Å². The number of alkyl halides is 6. The fraction of sp³-hybridized carbons (Fsp3) is 0.619. The van der Waals surface area contributed by atoms with Crippen LogP contribution >= 0.6 is 0 Å². The van der Waals surface area contributed by atoms with Crippen molar-refractivity contribution in [3.05, 3.63) is 30.0 Å². The summed E-state index contributed by atoms with van der Waals surface area (Å²) in [5, 5.41) is 25.2. The molecule has 2 aromatic rings. The van der Waals surface area contributed by atoms with Gasteiger partial charge in [-0.1, -0.05) is 5.10 Å². The van der Waals surface area contributed by atoms with Crippen LogP contribution in [-0.2, 0) is 25.6 Å². The van der Waals surface area contributed by atoms with E-state index in [1.54, 1.807) is 13.2 Å². The lowest BCUT2D eigenvalue weighted by Gasteiger charge is -2.30. The Labute approximate surface area is 216 Å². The van der Waals surface area contributed by atoms with Crippen LogP contribution in [0.2, 0.25) is 0 Å². The number of anilines is 1. The van der Waals surface area contributed by atoms with Crippen LogP contribution in [0.5, 0.6) is 0 Å². The molecule has 12 nitrogen and oxygen atoms in total. The molecule has 39 heavy (non-hydrogen) atoms. The quantitative estimate of drug-likeness (QED) is 0.447. The molecule has 2 unspecified atom stereocenters. The Balaban J connectivity index is 0.000000317. The molecular formula is C21H26F6N4O8. The van der Waals surface area contributed by atoms with E-state index in [2.05, 4.69) is 20.4 Å². The van der Waals surface area contributed by atoms with Gasteiger partial charge in [0.05, 0.1) is 32.6 Å². The minimum atomic E-state index is -5.08. The third kappa shape index (κ3) is 11.1. The molecule has 4 heterocycles. The van der Waals surface area contributed by atoms with E-state index < -0.39 is 24.3 Å². The minimum absolute atomic E-state index is 0.250. The topological polar surface area (TPSA) is 160 Å². The standard InChI is InChI=1S/C17H24N4O4.2C2HF3O2/c1-13-19-20-16(25-13)18-8-14-7-17(24-10-14)11-21(4-6-22-12-17)9-15-3-2-5-23-15;2*3-2(4,5)1(6)7/h2-3,5,14H,4,6-12H2,1H3,(H,18,20);2*(H,6,7). The number of aryl methyl sites for hydroxylation is 1. The summed E-state index contributed by atoms with van der Waals surface area (Å²) in [6.45, 7) is 7.11. The summed E-state index contributed by atoms with van der Waals surface area (Å²) in [6, 6.07) is 4.40. The minimum Gasteiger partial charge on any atom is -0.475 e. The third-order valence-corrected chi connectivity index (χ3v) is 5.23. The zero-order valence-corrected chi connectivity index (χ0v) is 20.4. The van der Waals surface area contributed by atoms with Gasteiger partial charge in [0.1, 0.15) is 11.4 Å². The maximum Gasteiger partial charge on any atom is 0.490 e. The number of carboxylic acids is 2. The van der Waals surface area contributed by atoms with E-state index in [0.717, 1.165) is 45.0 Å². The third-order valence-electron chi connectivity index (χ3n) is 5.23. The first-order chi connectivity index (χ1) is 18.1. The molecule has 220 valence electrons. The van der Waals surface area contributed by atoms with Gasteiger partial charge in [0.2, 0.25) is 5.89 Å². The number of ether oxygens (including phenoxy) is 2. The van der Waals surface area contributed by atoms with E-state index >= 15 is 0 Å². The lowest BCUT2D eigenvalue weighted by Crippen LogP contribution is -2.43. The van der Waals surface area contributed by atoms with Crippen molar-refractivity contribution in [2.24, 2.45) is 5.92 Å². The van der Waals surface area contributed by atoms with Crippen molar-refractivity contribution in [2.75, 3.05) is 44.8 Å². The molecule has 2 aliphatic rings. The van der Waals surface area contributed by atoms with E-state index in [0.29, 0.717) is 31.0 Å². The summed E-state index contributed by atoms with van der Waals surface area (Å²) in [7, 11) is 0. The number of furan rings is 1. The van der Waals surface area contributed by atoms with Crippen LogP contribution in [0.3, 0.4) is 0 Å². The maximum atomic E-state index is 10.6. The SMILES string of the molecule is Cc1nnc(NCC2COC3(COCCN(Cc4ccco4)C3)C2)o1.O=C(O)C(F)(F)F.O=C(O)C(F)(F)F. The molecule has 2 atom stereocenters. The van der Waals surface area contributed by atoms with Gasteiger partial charge in [-0.2, -0.15) is 26.3 Å². The summed E-state index contributed by atoms with van der Waals surface area (Å²) in [5.74, 6) is -3.59. The van der Waals surface area contributed by atoms with Crippen molar-refractivity contribution in [3.8, 4) is 0 Å². The molecular weight excluding hydrogens is 550 g/mol. The number of hydrogen-bond acceptors (Lipinski definition) is 10. The van der Waals surface area contributed by atoms with E-state index in [9.17, 15) is 26.3 Å². The zero-order chi connectivity index (χ0) is 29.3. The first-order valence-electron chi connectivity index (χ1n) is 11.2. The highest BCUT2D eigenvalue weighted by Crippen LogP contribution is 2.33. The molecule has 2 fully saturated rings. The molecule has 4 rings (SSSR count). The second-order valence-corrected chi connectivity index (χ2v) is 8.52. The van der Waals surface area contributed by atoms with Crippen molar-refractivity contribution in [1.29, 1.82) is 0 Å². The van der Waals surface area contributed by atoms with E-state index in [-0.39, 0.29) is 5.60 Å². The number of carboxylic acid groups (broad SMARTS) is 2. The summed E-state index contributed by atoms with van der Waals surface area (Å²) in [4.78, 5) is 20.1. The van der Waals surface area contributed by atoms with Crippen LogP contribution < -0.4 is 5.32 Å². The van der Waals surface area contributed by atoms with Gasteiger partial charge in [0.15, 0.2) is 0 Å². The fourth-order valence-corrected chi connectivity index (χ4v) is 3.62. The zero-order valence-electron chi connectivity index (χ0n) is 20.4. The molecule has 2 saturated heterocycles. The lowest BCUT2D eigenvalue weighted by molar-refractivity contribution is -0.193. The molecule has 1 spiro atoms. The molecule has 3 N–H and O–H groups in total. The Bertz CT molecular complexity index is 1020. The number of nitrogens with one attached hydrogen (secondary N) is 1. The summed E-state index contributed by atoms with van der Waals surface area (Å²) < 4.78 is 86.4. The largest absolute Gasteiger partial charge is 0.490 e. The smallest absolute Gasteiger partial charge is 0.475 e. The van der Waals surface area contributed by atoms with Crippen LogP contribution in [0.25, 0.3) is 0 Å². The van der Waals surface area contributed by atoms with Gasteiger partial charge in [0, 0.05) is 32.5 Å². The number of nitrogens with zero attached hydrogens (tertiary/aromatic N) is 3. The van der Waals surface area contributed by atoms with Crippen LogP contribution in [0.1, 0.15) is 18.1 Å². The van der Waals surface area contributed by atoms with Gasteiger partial charge in [-0.15, -0.1) is 5.10 Å². The number of carbonyl (C=O) groups is 2. The Morgan fingerprint density at radius 2 is 1.79 bits per heavy atom. The summed E-state index contributed by atoms with van der Waals surface area (Å²) in [5.41, 5.74) is -0.250. The van der Waals surface area contributed by atoms with Crippen molar-refractivity contribution < 1.29 is 64.5 Å². The van der Waals surface area contributed by atoms with Crippen LogP contribution in [0.15, 0.2) is 27.2 Å². The average molecular weight is 576 g/mol. The first kappa shape index (κ1) is 31.8. The number of aliphatic carboxylic acids is 2. The van der Waals surface area contributed by atoms with Gasteiger partial charge in [-0.25, -0.2) is 9.59 Å². The molecule has 2 aromatic heterocycles. The van der Waals surface area contributed by atoms with Gasteiger partial charge < -0.3 is 33.8 Å². The molecule has 0 bridgehead atoms. The Morgan fingerprint density at radius 3 is 2.31 bits per heavy atom. The number of aromatic nitrogens is 2. The van der Waals surface area contributed by atoms with Crippen LogP contribution in [0, 0.1) is 12.8 Å². The second kappa shape index (κ2) is 13.6. The van der Waals surface area contributed by atoms with Gasteiger partial charge in [-0.05, 0) is 18.6 Å². The van der Waals surface area contributed by atoms with Gasteiger partial charge >= 0.3 is 30.3 Å². The highest BCUT2D eigenvalue weighted by atomic mass is 19.4. The molecule has 0 aromatic carbocycles. The monoisotopic (exact) mass is 576 g/mol. The van der Waals surface area contributed by atoms with Crippen LogP contribution in [-0.4, -0.2) is 94.7 Å². The number of hydrogen-bond donors (Lipinski definition) is 3. The van der Waals surface area contributed by atoms with Crippen molar-refractivity contribution in [3.63, 3.8) is 0 Å². The van der Waals surface area contributed by atoms with E-state index in [1.165, 1.54) is 0 Å². The molecule has 18 heteroatoms. The van der Waals surface area contributed by atoms with Gasteiger partial charge in [0.25, 0.3) is 0 Å². The highest BCUT2D eigenvalue weighted by Gasteiger charge is 2.43. The number of rotatable bonds is 5. The number of halogens is 6. The fourth-order valence-electron chi connectivity index (χ4n) is 3.62. The lowest BCUT2D eigenvalue weighted by atomic mass is 9.94. The van der Waals surface area contributed by atoms with E-state index in [4.69, 9.17) is 38.1 Å². The first-order valence-corrected chi connectivity index (χ1v) is 11.2. The Morgan fingerprint density at radius 1 is 1.15 bits per heavy atom. The van der Waals surface area contributed by atoms with E-state index in [1.807, 2.05) is 12.1 Å². The maximum absolute atomic E-state index is 10.6. The van der Waals surface area contributed by atoms with Gasteiger partial charge in [-0.3, -0.25) is 4.90 Å². The van der Waals surface area contributed by atoms with Crippen molar-refractivity contribution in [1.82, 2.24) is 15.1 Å². The average Bonchev–Trinajstić information content (AvgIpc) is 3.54. The predicted octanol–water partition coefficient (Wildman–Crippen LogP) is 2.96. The Kier molecular flexibility index (Phi) is 11.1. The highest BCUT2D eigenvalue weighted by molar-refractivity contribution is 5.73. The molecule has 2 aliphatic heterocycles. The summed E-state index contributed by atoms with van der Waals surface area (Å²) in [6.07, 6.45) is -7.51. The second-order valence-electron chi connectivity index (χ2n) is 8.52. The van der Waals surface area contributed by atoms with Crippen molar-refractivity contribution in [2.45, 2.75) is 37.8 Å². The molecule has 0 amide bonds. The predicted molar refractivity (Wildman–Crippen MR) is 117 cm³/mol.